The van der Waals surface area contributed by atoms with Crippen LogP contribution in [-0.4, -0.2) is 37.0 Å². The van der Waals surface area contributed by atoms with Gasteiger partial charge in [-0.15, -0.1) is 12.4 Å². The first kappa shape index (κ1) is 18.0. The van der Waals surface area contributed by atoms with Gasteiger partial charge >= 0.3 is 5.63 Å². The highest BCUT2D eigenvalue weighted by molar-refractivity contribution is 5.85. The molecule has 0 bridgehead atoms. The fraction of sp³-hybridized carbons (Fsp3) is 0.333. The molecule has 6 nitrogen and oxygen atoms in total. The molecule has 2 N–H and O–H groups in total. The number of nitrogens with two attached hydrogens (primary N) is 1. The number of rotatable bonds is 5. The largest absolute Gasteiger partial charge is 0.484 e. The minimum absolute atomic E-state index is 0. The van der Waals surface area contributed by atoms with Crippen molar-refractivity contribution in [1.29, 1.82) is 0 Å². The first-order valence-corrected chi connectivity index (χ1v) is 6.63. The molecule has 1 atom stereocenters. The Morgan fingerprint density at radius 3 is 2.73 bits per heavy atom. The maximum Gasteiger partial charge on any atom is 0.336 e. The zero-order chi connectivity index (χ0) is 15.4. The highest BCUT2D eigenvalue weighted by Gasteiger charge is 2.14. The molecule has 22 heavy (non-hydrogen) atoms. The number of fused-ring (bicyclic) bond motifs is 1. The van der Waals surface area contributed by atoms with Crippen LogP contribution in [0.15, 0.2) is 39.5 Å². The maximum absolute atomic E-state index is 11.9. The van der Waals surface area contributed by atoms with E-state index in [0.717, 1.165) is 5.39 Å². The highest BCUT2D eigenvalue weighted by Crippen LogP contribution is 2.19. The third-order valence-corrected chi connectivity index (χ3v) is 3.35. The molecule has 0 spiro atoms. The Labute approximate surface area is 134 Å². The van der Waals surface area contributed by atoms with E-state index in [9.17, 15) is 9.59 Å². The zero-order valence-corrected chi connectivity index (χ0v) is 13.3. The van der Waals surface area contributed by atoms with Crippen LogP contribution >= 0.6 is 12.4 Å². The van der Waals surface area contributed by atoms with Crippen molar-refractivity contribution in [3.63, 3.8) is 0 Å². The number of ether oxygens (including phenoxy) is 1. The predicted molar refractivity (Wildman–Crippen MR) is 86.5 cm³/mol. The molecule has 120 valence electrons. The molecule has 0 fully saturated rings. The second kappa shape index (κ2) is 7.82. The quantitative estimate of drug-likeness (QED) is 0.839. The lowest BCUT2D eigenvalue weighted by atomic mass is 10.2. The summed E-state index contributed by atoms with van der Waals surface area (Å²) in [4.78, 5) is 24.6. The molecule has 1 amide bonds. The van der Waals surface area contributed by atoms with Gasteiger partial charge in [-0.05, 0) is 25.1 Å². The molecule has 0 aliphatic rings. The summed E-state index contributed by atoms with van der Waals surface area (Å²) in [6.07, 6.45) is 0. The molecule has 1 aromatic heterocycles. The van der Waals surface area contributed by atoms with E-state index in [4.69, 9.17) is 14.9 Å². The van der Waals surface area contributed by atoms with Gasteiger partial charge < -0.3 is 19.8 Å². The molecule has 2 aromatic rings. The van der Waals surface area contributed by atoms with Gasteiger partial charge in [-0.1, -0.05) is 0 Å². The molecule has 0 radical (unpaired) electrons. The second-order valence-electron chi connectivity index (χ2n) is 4.83. The third-order valence-electron chi connectivity index (χ3n) is 3.35. The Balaban J connectivity index is 0.00000242. The lowest BCUT2D eigenvalue weighted by Gasteiger charge is -2.23. The van der Waals surface area contributed by atoms with Crippen LogP contribution in [-0.2, 0) is 4.79 Å². The lowest BCUT2D eigenvalue weighted by Crippen LogP contribution is -2.42. The minimum atomic E-state index is -0.424. The fourth-order valence-corrected chi connectivity index (χ4v) is 1.78. The molecule has 1 aromatic carbocycles. The average Bonchev–Trinajstić information content (AvgIpc) is 2.50. The normalized spacial score (nSPS) is 11.6. The van der Waals surface area contributed by atoms with Crippen LogP contribution in [0.4, 0.5) is 0 Å². The predicted octanol–water partition coefficient (Wildman–Crippen LogP) is 1.40. The number of hydrogen-bond donors (Lipinski definition) is 1. The first-order chi connectivity index (χ1) is 10.0. The maximum atomic E-state index is 11.9. The standard InChI is InChI=1S/C15H18N2O4.ClH/c1-10(8-16)17(2)14(18)9-20-12-5-3-11-4-6-15(19)21-13(11)7-12;/h3-7,10H,8-9,16H2,1-2H3;1H. The van der Waals surface area contributed by atoms with Gasteiger partial charge in [0.2, 0.25) is 0 Å². The van der Waals surface area contributed by atoms with Gasteiger partial charge in [0, 0.05) is 37.2 Å². The number of nitrogens with zero attached hydrogens (tertiary/aromatic N) is 1. The van der Waals surface area contributed by atoms with Crippen LogP contribution in [0, 0.1) is 0 Å². The molecular formula is C15H19ClN2O4. The molecule has 7 heteroatoms. The zero-order valence-electron chi connectivity index (χ0n) is 12.4. The molecule has 1 heterocycles. The van der Waals surface area contributed by atoms with Gasteiger partial charge in [-0.25, -0.2) is 4.79 Å². The van der Waals surface area contributed by atoms with Crippen LogP contribution in [0.25, 0.3) is 11.0 Å². The van der Waals surface area contributed by atoms with E-state index in [1.165, 1.54) is 6.07 Å². The van der Waals surface area contributed by atoms with Crippen molar-refractivity contribution >= 4 is 29.3 Å². The van der Waals surface area contributed by atoms with Crippen molar-refractivity contribution in [2.75, 3.05) is 20.2 Å². The summed E-state index contributed by atoms with van der Waals surface area (Å²) in [5.41, 5.74) is 5.52. The van der Waals surface area contributed by atoms with Gasteiger partial charge in [-0.2, -0.15) is 0 Å². The van der Waals surface area contributed by atoms with Crippen LogP contribution < -0.4 is 16.1 Å². The summed E-state index contributed by atoms with van der Waals surface area (Å²) in [6, 6.07) is 8.07. The van der Waals surface area contributed by atoms with Gasteiger partial charge in [0.25, 0.3) is 5.91 Å². The van der Waals surface area contributed by atoms with E-state index in [0.29, 0.717) is 17.9 Å². The molecule has 1 unspecified atom stereocenters. The van der Waals surface area contributed by atoms with E-state index in [1.54, 1.807) is 36.2 Å². The summed E-state index contributed by atoms with van der Waals surface area (Å²) in [5, 5.41) is 0.794. The Kier molecular flexibility index (Phi) is 6.39. The Morgan fingerprint density at radius 1 is 1.36 bits per heavy atom. The van der Waals surface area contributed by atoms with Crippen LogP contribution in [0.2, 0.25) is 0 Å². The molecule has 0 saturated heterocycles. The van der Waals surface area contributed by atoms with Crippen molar-refractivity contribution in [2.45, 2.75) is 13.0 Å². The SMILES string of the molecule is CC(CN)N(C)C(=O)COc1ccc2ccc(=O)oc2c1.Cl. The third kappa shape index (κ3) is 4.22. The van der Waals surface area contributed by atoms with E-state index >= 15 is 0 Å². The van der Waals surface area contributed by atoms with Gasteiger partial charge in [0.1, 0.15) is 11.3 Å². The van der Waals surface area contributed by atoms with Crippen LogP contribution in [0.1, 0.15) is 6.92 Å². The van der Waals surface area contributed by atoms with Crippen LogP contribution in [0.5, 0.6) is 5.75 Å². The van der Waals surface area contributed by atoms with Crippen molar-refractivity contribution in [1.82, 2.24) is 4.90 Å². The van der Waals surface area contributed by atoms with Crippen LogP contribution in [0.3, 0.4) is 0 Å². The number of halogens is 1. The number of benzene rings is 1. The minimum Gasteiger partial charge on any atom is -0.484 e. The van der Waals surface area contributed by atoms with Crippen molar-refractivity contribution < 1.29 is 13.9 Å². The van der Waals surface area contributed by atoms with Gasteiger partial charge in [0.15, 0.2) is 6.61 Å². The number of carbonyl (C=O) groups is 1. The average molecular weight is 327 g/mol. The van der Waals surface area contributed by atoms with E-state index in [1.807, 2.05) is 6.92 Å². The molecule has 0 aliphatic heterocycles. The fourth-order valence-electron chi connectivity index (χ4n) is 1.78. The van der Waals surface area contributed by atoms with E-state index in [2.05, 4.69) is 0 Å². The summed E-state index contributed by atoms with van der Waals surface area (Å²) < 4.78 is 10.5. The first-order valence-electron chi connectivity index (χ1n) is 6.63. The molecule has 0 aliphatic carbocycles. The summed E-state index contributed by atoms with van der Waals surface area (Å²) in [6.45, 7) is 2.16. The molecule has 0 saturated carbocycles. The lowest BCUT2D eigenvalue weighted by molar-refractivity contribution is -0.133. The topological polar surface area (TPSA) is 85.8 Å². The molecule has 2 rings (SSSR count). The Bertz CT molecular complexity index is 701. The number of carbonyl (C=O) groups excluding carboxylic acids is 1. The van der Waals surface area contributed by atoms with E-state index < -0.39 is 5.63 Å². The van der Waals surface area contributed by atoms with Crippen molar-refractivity contribution in [3.8, 4) is 5.75 Å². The number of amides is 1. The van der Waals surface area contributed by atoms with Crippen molar-refractivity contribution in [2.24, 2.45) is 5.73 Å². The number of hydrogen-bond acceptors (Lipinski definition) is 5. The van der Waals surface area contributed by atoms with Gasteiger partial charge in [-0.3, -0.25) is 4.79 Å². The molecular weight excluding hydrogens is 308 g/mol. The summed E-state index contributed by atoms with van der Waals surface area (Å²) >= 11 is 0. The monoisotopic (exact) mass is 326 g/mol. The van der Waals surface area contributed by atoms with Crippen molar-refractivity contribution in [3.05, 3.63) is 40.8 Å². The second-order valence-corrected chi connectivity index (χ2v) is 4.83. The van der Waals surface area contributed by atoms with E-state index in [-0.39, 0.29) is 31.0 Å². The summed E-state index contributed by atoms with van der Waals surface area (Å²) in [7, 11) is 1.68. The Morgan fingerprint density at radius 2 is 2.05 bits per heavy atom. The summed E-state index contributed by atoms with van der Waals surface area (Å²) in [5.74, 6) is 0.307. The highest BCUT2D eigenvalue weighted by atomic mass is 35.5. The number of likely N-dealkylation sites (N-methyl/N-ethyl adjacent to an activating group) is 1. The van der Waals surface area contributed by atoms with Gasteiger partial charge in [0.05, 0.1) is 0 Å². The Hall–Kier alpha value is -2.05. The smallest absolute Gasteiger partial charge is 0.336 e.